The highest BCUT2D eigenvalue weighted by molar-refractivity contribution is 7.87. The Balaban J connectivity index is 2.38. The minimum Gasteiger partial charge on any atom is -0.464 e. The van der Waals surface area contributed by atoms with Gasteiger partial charge >= 0.3 is 16.2 Å². The highest BCUT2D eigenvalue weighted by Gasteiger charge is 2.41. The van der Waals surface area contributed by atoms with Crippen LogP contribution in [0.5, 0.6) is 0 Å². The van der Waals surface area contributed by atoms with Crippen LogP contribution < -0.4 is 4.90 Å². The maximum Gasteiger partial charge on any atom is 0.360 e. The van der Waals surface area contributed by atoms with Gasteiger partial charge in [0.1, 0.15) is 5.25 Å². The molecule has 20 heavy (non-hydrogen) atoms. The minimum atomic E-state index is -4.84. The van der Waals surface area contributed by atoms with Crippen molar-refractivity contribution in [2.24, 2.45) is 0 Å². The smallest absolute Gasteiger partial charge is 0.360 e. The maximum absolute atomic E-state index is 12.9. The van der Waals surface area contributed by atoms with Crippen molar-refractivity contribution in [2.45, 2.75) is 11.7 Å². The maximum atomic E-state index is 12.9. The first-order valence-electron chi connectivity index (χ1n) is 5.47. The van der Waals surface area contributed by atoms with Gasteiger partial charge in [-0.2, -0.15) is 8.42 Å². The predicted octanol–water partition coefficient (Wildman–Crippen LogP) is -0.332. The van der Waals surface area contributed by atoms with Gasteiger partial charge in [-0.15, -0.1) is 3.89 Å². The van der Waals surface area contributed by atoms with Crippen LogP contribution in [0.2, 0.25) is 0 Å². The quantitative estimate of drug-likeness (QED) is 0.555. The first-order valence-corrected chi connectivity index (χ1v) is 6.92. The van der Waals surface area contributed by atoms with Gasteiger partial charge in [-0.05, 0) is 0 Å². The zero-order chi connectivity index (χ0) is 14.9. The van der Waals surface area contributed by atoms with E-state index < -0.39 is 40.3 Å². The summed E-state index contributed by atoms with van der Waals surface area (Å²) in [7, 11) is -3.72. The molecule has 108 valence electrons. The molecule has 2 heterocycles. The van der Waals surface area contributed by atoms with E-state index in [4.69, 9.17) is 0 Å². The Morgan fingerprint density at radius 1 is 1.45 bits per heavy atom. The van der Waals surface area contributed by atoms with E-state index in [2.05, 4.69) is 14.7 Å². The average Bonchev–Trinajstić information content (AvgIpc) is 2.80. The van der Waals surface area contributed by atoms with E-state index in [0.717, 1.165) is 12.0 Å². The van der Waals surface area contributed by atoms with Crippen LogP contribution in [0.25, 0.3) is 0 Å². The Morgan fingerprint density at radius 2 is 2.10 bits per heavy atom. The summed E-state index contributed by atoms with van der Waals surface area (Å²) in [5.74, 6) is -1.62. The van der Waals surface area contributed by atoms with E-state index in [9.17, 15) is 21.9 Å². The number of hydrogen-bond acceptors (Lipinski definition) is 7. The molecule has 1 aliphatic heterocycles. The molecule has 0 bridgehead atoms. The number of methoxy groups -OCH3 is 1. The molecule has 2 rings (SSSR count). The van der Waals surface area contributed by atoms with E-state index in [0.29, 0.717) is 0 Å². The Morgan fingerprint density at radius 3 is 2.65 bits per heavy atom. The van der Waals surface area contributed by atoms with Crippen LogP contribution in [-0.2, 0) is 19.8 Å². The molecule has 0 N–H and O–H groups in total. The van der Waals surface area contributed by atoms with Gasteiger partial charge in [0.2, 0.25) is 5.91 Å². The fraction of sp³-hybridized carbons (Fsp3) is 0.400. The lowest BCUT2D eigenvalue weighted by Crippen LogP contribution is -2.30. The van der Waals surface area contributed by atoms with Crippen LogP contribution >= 0.6 is 0 Å². The number of aromatic nitrogens is 2. The Bertz CT molecular complexity index is 663. The summed E-state index contributed by atoms with van der Waals surface area (Å²) in [6, 6.07) is 0. The normalized spacial score (nSPS) is 19.2. The van der Waals surface area contributed by atoms with Gasteiger partial charge in [-0.3, -0.25) is 9.69 Å². The SMILES string of the molecule is COC(=O)c1nccnc1N1CC(S(=O)(=O)F)CC1=O. The third-order valence-electron chi connectivity index (χ3n) is 2.80. The van der Waals surface area contributed by atoms with Gasteiger partial charge in [0.05, 0.1) is 7.11 Å². The van der Waals surface area contributed by atoms with Gasteiger partial charge < -0.3 is 4.74 Å². The summed E-state index contributed by atoms with van der Waals surface area (Å²) in [6.07, 6.45) is 1.95. The molecule has 0 aromatic carbocycles. The molecule has 10 heteroatoms. The van der Waals surface area contributed by atoms with E-state index in [1.54, 1.807) is 0 Å². The number of nitrogens with zero attached hydrogens (tertiary/aromatic N) is 3. The molecule has 1 saturated heterocycles. The molecule has 1 aromatic heterocycles. The van der Waals surface area contributed by atoms with Gasteiger partial charge in [0.25, 0.3) is 0 Å². The lowest BCUT2D eigenvalue weighted by atomic mass is 10.3. The summed E-state index contributed by atoms with van der Waals surface area (Å²) in [4.78, 5) is 31.8. The molecule has 8 nitrogen and oxygen atoms in total. The third-order valence-corrected chi connectivity index (χ3v) is 3.91. The topological polar surface area (TPSA) is 107 Å². The molecule has 1 atom stereocenters. The van der Waals surface area contributed by atoms with E-state index in [1.807, 2.05) is 0 Å². The average molecular weight is 303 g/mol. The van der Waals surface area contributed by atoms with Gasteiger partial charge in [-0.1, -0.05) is 0 Å². The summed E-state index contributed by atoms with van der Waals surface area (Å²) in [5.41, 5.74) is -0.236. The van der Waals surface area contributed by atoms with Gasteiger partial charge in [-0.25, -0.2) is 14.8 Å². The molecule has 1 unspecified atom stereocenters. The summed E-state index contributed by atoms with van der Waals surface area (Å²) >= 11 is 0. The van der Waals surface area contributed by atoms with Gasteiger partial charge in [0.15, 0.2) is 11.5 Å². The predicted molar refractivity (Wildman–Crippen MR) is 64.2 cm³/mol. The molecule has 0 spiro atoms. The van der Waals surface area contributed by atoms with Crippen molar-refractivity contribution >= 4 is 27.9 Å². The second kappa shape index (κ2) is 5.12. The lowest BCUT2D eigenvalue weighted by Gasteiger charge is -2.16. The molecule has 1 fully saturated rings. The first kappa shape index (κ1) is 14.3. The van der Waals surface area contributed by atoms with Crippen molar-refractivity contribution < 1.29 is 26.6 Å². The summed E-state index contributed by atoms with van der Waals surface area (Å²) in [5, 5.41) is -1.47. The van der Waals surface area contributed by atoms with Crippen LogP contribution in [0.15, 0.2) is 12.4 Å². The largest absolute Gasteiger partial charge is 0.464 e. The molecule has 1 amide bonds. The molecule has 1 aromatic rings. The molecule has 0 aliphatic carbocycles. The van der Waals surface area contributed by atoms with Gasteiger partial charge in [0, 0.05) is 25.4 Å². The molecular weight excluding hydrogens is 293 g/mol. The zero-order valence-corrected chi connectivity index (χ0v) is 11.1. The van der Waals surface area contributed by atoms with E-state index in [-0.39, 0.29) is 11.5 Å². The number of esters is 1. The van der Waals surface area contributed by atoms with E-state index >= 15 is 0 Å². The number of halogens is 1. The number of carbonyl (C=O) groups excluding carboxylic acids is 2. The van der Waals surface area contributed by atoms with Crippen LogP contribution in [0, 0.1) is 0 Å². The molecule has 0 saturated carbocycles. The lowest BCUT2D eigenvalue weighted by molar-refractivity contribution is -0.117. The number of amides is 1. The fourth-order valence-corrected chi connectivity index (χ4v) is 2.51. The molecular formula is C10H10FN3O5S. The standard InChI is InChI=1S/C10H10FN3O5S/c1-19-10(16)8-9(13-3-2-12-8)14-5-6(4-7(14)15)20(11,17)18/h2-3,6H,4-5H2,1H3. The van der Waals surface area contributed by atoms with Crippen LogP contribution in [0.1, 0.15) is 16.9 Å². The monoisotopic (exact) mass is 303 g/mol. The third kappa shape index (κ3) is 2.59. The van der Waals surface area contributed by atoms with Crippen molar-refractivity contribution in [1.29, 1.82) is 0 Å². The number of carbonyl (C=O) groups is 2. The second-order valence-electron chi connectivity index (χ2n) is 4.03. The van der Waals surface area contributed by atoms with Crippen molar-refractivity contribution in [1.82, 2.24) is 9.97 Å². The summed E-state index contributed by atoms with van der Waals surface area (Å²) < 4.78 is 39.2. The highest BCUT2D eigenvalue weighted by atomic mass is 32.3. The number of ether oxygens (including phenoxy) is 1. The first-order chi connectivity index (χ1) is 9.34. The summed E-state index contributed by atoms with van der Waals surface area (Å²) in [6.45, 7) is -0.416. The molecule has 1 aliphatic rings. The van der Waals surface area contributed by atoms with Crippen molar-refractivity contribution in [3.05, 3.63) is 18.1 Å². The van der Waals surface area contributed by atoms with Crippen LogP contribution in [0.4, 0.5) is 9.70 Å². The zero-order valence-electron chi connectivity index (χ0n) is 10.3. The van der Waals surface area contributed by atoms with Crippen LogP contribution in [0.3, 0.4) is 0 Å². The highest BCUT2D eigenvalue weighted by Crippen LogP contribution is 2.26. The fourth-order valence-electron chi connectivity index (χ4n) is 1.84. The van der Waals surface area contributed by atoms with Crippen molar-refractivity contribution in [3.8, 4) is 0 Å². The van der Waals surface area contributed by atoms with Crippen LogP contribution in [-0.4, -0.2) is 49.2 Å². The number of anilines is 1. The Kier molecular flexibility index (Phi) is 3.66. The van der Waals surface area contributed by atoms with E-state index in [1.165, 1.54) is 12.4 Å². The van der Waals surface area contributed by atoms with Crippen molar-refractivity contribution in [3.63, 3.8) is 0 Å². The minimum absolute atomic E-state index is 0.143. The Hall–Kier alpha value is -2.10. The Labute approximate surface area is 113 Å². The second-order valence-corrected chi connectivity index (χ2v) is 5.64. The van der Waals surface area contributed by atoms with Crippen molar-refractivity contribution in [2.75, 3.05) is 18.6 Å². The molecule has 0 radical (unpaired) electrons. The number of rotatable bonds is 3. The number of hydrogen-bond donors (Lipinski definition) is 0.